The number of benzene rings is 2. The van der Waals surface area contributed by atoms with Crippen LogP contribution in [0.1, 0.15) is 17.2 Å². The first kappa shape index (κ1) is 18.1. The smallest absolute Gasteiger partial charge is 0.497 e. The van der Waals surface area contributed by atoms with Crippen LogP contribution in [0, 0.1) is 0 Å². The van der Waals surface area contributed by atoms with E-state index in [1.165, 1.54) is 24.3 Å². The highest BCUT2D eigenvalue weighted by atomic mass is 35.5. The molecule has 3 nitrogen and oxygen atoms in total. The molecule has 2 N–H and O–H groups in total. The molecule has 0 radical (unpaired) electrons. The SMILES string of the molecule is COc1ccc([C@@H](N)c2ccc(OC(F)(F)F)cc2)cc1.Cl. The number of nitrogens with two attached hydrogens (primary N) is 1. The van der Waals surface area contributed by atoms with E-state index in [1.807, 2.05) is 12.1 Å². The normalized spacial score (nSPS) is 12.2. The molecule has 0 fully saturated rings. The van der Waals surface area contributed by atoms with Gasteiger partial charge in [0.1, 0.15) is 11.5 Å². The summed E-state index contributed by atoms with van der Waals surface area (Å²) in [4.78, 5) is 0. The Morgan fingerprint density at radius 2 is 1.27 bits per heavy atom. The monoisotopic (exact) mass is 333 g/mol. The molecule has 0 aliphatic heterocycles. The third-order valence-electron chi connectivity index (χ3n) is 2.95. The van der Waals surface area contributed by atoms with Crippen molar-refractivity contribution in [1.29, 1.82) is 0 Å². The first-order chi connectivity index (χ1) is 9.89. The average molecular weight is 334 g/mol. The van der Waals surface area contributed by atoms with Gasteiger partial charge in [-0.1, -0.05) is 24.3 Å². The summed E-state index contributed by atoms with van der Waals surface area (Å²) in [7, 11) is 1.56. The summed E-state index contributed by atoms with van der Waals surface area (Å²) in [6, 6.07) is 12.2. The fourth-order valence-corrected chi connectivity index (χ4v) is 1.88. The predicted octanol–water partition coefficient (Wildman–Crippen LogP) is 4.06. The van der Waals surface area contributed by atoms with E-state index >= 15 is 0 Å². The van der Waals surface area contributed by atoms with E-state index in [2.05, 4.69) is 4.74 Å². The van der Waals surface area contributed by atoms with Crippen molar-refractivity contribution in [2.75, 3.05) is 7.11 Å². The Bertz CT molecular complexity index is 585. The van der Waals surface area contributed by atoms with Crippen LogP contribution >= 0.6 is 12.4 Å². The van der Waals surface area contributed by atoms with Gasteiger partial charge >= 0.3 is 6.36 Å². The van der Waals surface area contributed by atoms with Gasteiger partial charge in [0.15, 0.2) is 0 Å². The second-order valence-corrected chi connectivity index (χ2v) is 4.37. The van der Waals surface area contributed by atoms with Gasteiger partial charge in [-0.05, 0) is 35.4 Å². The van der Waals surface area contributed by atoms with Gasteiger partial charge in [-0.15, -0.1) is 25.6 Å². The zero-order valence-corrected chi connectivity index (χ0v) is 12.4. The van der Waals surface area contributed by atoms with E-state index in [0.717, 1.165) is 5.56 Å². The summed E-state index contributed by atoms with van der Waals surface area (Å²) >= 11 is 0. The molecule has 0 aliphatic carbocycles. The Kier molecular flexibility index (Phi) is 6.08. The lowest BCUT2D eigenvalue weighted by Crippen LogP contribution is -2.17. The topological polar surface area (TPSA) is 44.5 Å². The fraction of sp³-hybridized carbons (Fsp3) is 0.200. The number of hydrogen-bond donors (Lipinski definition) is 1. The number of alkyl halides is 3. The minimum Gasteiger partial charge on any atom is -0.497 e. The van der Waals surface area contributed by atoms with Gasteiger partial charge in [0, 0.05) is 0 Å². The number of halogens is 4. The molecule has 0 bridgehead atoms. The minimum absolute atomic E-state index is 0. The molecule has 0 aliphatic rings. The van der Waals surface area contributed by atoms with Crippen molar-refractivity contribution in [2.45, 2.75) is 12.4 Å². The first-order valence-electron chi connectivity index (χ1n) is 6.14. The average Bonchev–Trinajstić information content (AvgIpc) is 2.46. The number of hydrogen-bond acceptors (Lipinski definition) is 3. The van der Waals surface area contributed by atoms with Crippen molar-refractivity contribution in [3.05, 3.63) is 59.7 Å². The minimum atomic E-state index is -4.69. The molecule has 2 aromatic rings. The second-order valence-electron chi connectivity index (χ2n) is 4.37. The van der Waals surface area contributed by atoms with Crippen LogP contribution in [0.4, 0.5) is 13.2 Å². The van der Waals surface area contributed by atoms with Crippen molar-refractivity contribution in [1.82, 2.24) is 0 Å². The Labute approximate surface area is 132 Å². The van der Waals surface area contributed by atoms with Crippen molar-refractivity contribution in [3.63, 3.8) is 0 Å². The fourth-order valence-electron chi connectivity index (χ4n) is 1.88. The standard InChI is InChI=1S/C15H14F3NO2.ClH/c1-20-12-6-2-10(3-7-12)14(19)11-4-8-13(9-5-11)21-15(16,17)18;/h2-9,14H,19H2,1H3;1H/t14-;/m1./s1. The molecule has 2 rings (SSSR count). The molecule has 0 unspecified atom stereocenters. The number of ether oxygens (including phenoxy) is 2. The third kappa shape index (κ3) is 4.82. The van der Waals surface area contributed by atoms with Crippen LogP contribution in [0.3, 0.4) is 0 Å². The zero-order valence-electron chi connectivity index (χ0n) is 11.6. The van der Waals surface area contributed by atoms with Gasteiger partial charge in [-0.25, -0.2) is 0 Å². The van der Waals surface area contributed by atoms with E-state index < -0.39 is 12.4 Å². The van der Waals surface area contributed by atoms with Crippen LogP contribution in [0.5, 0.6) is 11.5 Å². The van der Waals surface area contributed by atoms with Crippen molar-refractivity contribution >= 4 is 12.4 Å². The van der Waals surface area contributed by atoms with Crippen LogP contribution in [0.15, 0.2) is 48.5 Å². The lowest BCUT2D eigenvalue weighted by Gasteiger charge is -2.14. The molecular formula is C15H15ClF3NO2. The van der Waals surface area contributed by atoms with Crippen LogP contribution in [0.25, 0.3) is 0 Å². The van der Waals surface area contributed by atoms with Crippen LogP contribution in [-0.2, 0) is 0 Å². The summed E-state index contributed by atoms with van der Waals surface area (Å²) in [5.74, 6) is 0.438. The Balaban J connectivity index is 0.00000242. The van der Waals surface area contributed by atoms with Crippen LogP contribution in [0.2, 0.25) is 0 Å². The molecule has 120 valence electrons. The lowest BCUT2D eigenvalue weighted by atomic mass is 9.99. The van der Waals surface area contributed by atoms with Crippen LogP contribution in [-0.4, -0.2) is 13.5 Å². The molecule has 7 heteroatoms. The molecule has 22 heavy (non-hydrogen) atoms. The molecule has 1 atom stereocenters. The van der Waals surface area contributed by atoms with Crippen LogP contribution < -0.4 is 15.2 Å². The molecule has 0 heterocycles. The van der Waals surface area contributed by atoms with Gasteiger partial charge in [0.05, 0.1) is 13.2 Å². The number of rotatable bonds is 4. The van der Waals surface area contributed by atoms with Crippen molar-refractivity contribution < 1.29 is 22.6 Å². The third-order valence-corrected chi connectivity index (χ3v) is 2.95. The maximum Gasteiger partial charge on any atom is 0.573 e. The Hall–Kier alpha value is -1.92. The summed E-state index contributed by atoms with van der Waals surface area (Å²) < 4.78 is 45.1. The van der Waals surface area contributed by atoms with Gasteiger partial charge < -0.3 is 15.2 Å². The summed E-state index contributed by atoms with van der Waals surface area (Å²) in [5.41, 5.74) is 7.60. The van der Waals surface area contributed by atoms with E-state index in [0.29, 0.717) is 11.3 Å². The maximum absolute atomic E-state index is 12.1. The molecule has 0 saturated carbocycles. The molecule has 2 aromatic carbocycles. The van der Waals surface area contributed by atoms with E-state index in [4.69, 9.17) is 10.5 Å². The molecular weight excluding hydrogens is 319 g/mol. The first-order valence-corrected chi connectivity index (χ1v) is 6.14. The predicted molar refractivity (Wildman–Crippen MR) is 79.4 cm³/mol. The molecule has 0 saturated heterocycles. The largest absolute Gasteiger partial charge is 0.573 e. The Morgan fingerprint density at radius 1 is 0.864 bits per heavy atom. The van der Waals surface area contributed by atoms with Crippen molar-refractivity contribution in [2.24, 2.45) is 5.73 Å². The maximum atomic E-state index is 12.1. The molecule has 0 amide bonds. The van der Waals surface area contributed by atoms with E-state index in [9.17, 15) is 13.2 Å². The molecule has 0 aromatic heterocycles. The van der Waals surface area contributed by atoms with Gasteiger partial charge in [-0.3, -0.25) is 0 Å². The summed E-state index contributed by atoms with van der Waals surface area (Å²) in [6.07, 6.45) is -4.69. The van der Waals surface area contributed by atoms with E-state index in [-0.39, 0.29) is 18.2 Å². The highest BCUT2D eigenvalue weighted by Gasteiger charge is 2.31. The highest BCUT2D eigenvalue weighted by Crippen LogP contribution is 2.26. The van der Waals surface area contributed by atoms with Gasteiger partial charge in [0.2, 0.25) is 0 Å². The second kappa shape index (κ2) is 7.38. The van der Waals surface area contributed by atoms with Crippen molar-refractivity contribution in [3.8, 4) is 11.5 Å². The highest BCUT2D eigenvalue weighted by molar-refractivity contribution is 5.85. The van der Waals surface area contributed by atoms with Gasteiger partial charge in [0.25, 0.3) is 0 Å². The number of methoxy groups -OCH3 is 1. The Morgan fingerprint density at radius 3 is 1.64 bits per heavy atom. The van der Waals surface area contributed by atoms with Gasteiger partial charge in [-0.2, -0.15) is 0 Å². The molecule has 0 spiro atoms. The van der Waals surface area contributed by atoms with E-state index in [1.54, 1.807) is 19.2 Å². The lowest BCUT2D eigenvalue weighted by molar-refractivity contribution is -0.274. The zero-order chi connectivity index (χ0) is 15.5. The summed E-state index contributed by atoms with van der Waals surface area (Å²) in [6.45, 7) is 0. The quantitative estimate of drug-likeness (QED) is 0.917. The summed E-state index contributed by atoms with van der Waals surface area (Å²) in [5, 5.41) is 0.